The van der Waals surface area contributed by atoms with Crippen molar-refractivity contribution in [2.24, 2.45) is 0 Å². The molecule has 0 aliphatic carbocycles. The fourth-order valence-electron chi connectivity index (χ4n) is 1.40. The number of halogens is 2. The Labute approximate surface area is 78.9 Å². The van der Waals surface area contributed by atoms with Crippen LogP contribution in [0.25, 0.3) is 10.9 Å². The third-order valence-electron chi connectivity index (χ3n) is 2.07. The summed E-state index contributed by atoms with van der Waals surface area (Å²) in [5.74, 6) is 0. The minimum Gasteiger partial charge on any atom is -0.398 e. The molecule has 0 atom stereocenters. The van der Waals surface area contributed by atoms with Crippen molar-refractivity contribution < 1.29 is 8.78 Å². The van der Waals surface area contributed by atoms with Gasteiger partial charge in [-0.1, -0.05) is 0 Å². The highest BCUT2D eigenvalue weighted by Crippen LogP contribution is 2.22. The molecule has 0 aliphatic rings. The molecular weight excluding hydrogens is 188 g/mol. The molecule has 0 spiro atoms. The van der Waals surface area contributed by atoms with Crippen LogP contribution in [0.5, 0.6) is 0 Å². The van der Waals surface area contributed by atoms with E-state index in [9.17, 15) is 8.78 Å². The number of rotatable bonds is 2. The molecule has 0 fully saturated rings. The van der Waals surface area contributed by atoms with Gasteiger partial charge in [0.05, 0.1) is 11.7 Å². The predicted octanol–water partition coefficient (Wildman–Crippen LogP) is 1.95. The molecule has 0 unspecified atom stereocenters. The second kappa shape index (κ2) is 3.25. The first-order valence-electron chi connectivity index (χ1n) is 4.16. The summed E-state index contributed by atoms with van der Waals surface area (Å²) in [5, 5.41) is 7.34. The molecule has 1 aromatic carbocycles. The maximum atomic E-state index is 12.1. The molecule has 1 heterocycles. The fourth-order valence-corrected chi connectivity index (χ4v) is 1.40. The number of alkyl halides is 2. The van der Waals surface area contributed by atoms with E-state index in [0.717, 1.165) is 10.9 Å². The lowest BCUT2D eigenvalue weighted by molar-refractivity contribution is 0.149. The van der Waals surface area contributed by atoms with E-state index >= 15 is 0 Å². The summed E-state index contributed by atoms with van der Waals surface area (Å²) in [5.41, 5.74) is 7.19. The number of fused-ring (bicyclic) bond motifs is 1. The quantitative estimate of drug-likeness (QED) is 0.723. The maximum absolute atomic E-state index is 12.1. The van der Waals surface area contributed by atoms with Gasteiger partial charge < -0.3 is 5.73 Å². The van der Waals surface area contributed by atoms with Crippen LogP contribution in [-0.4, -0.2) is 16.6 Å². The van der Waals surface area contributed by atoms with E-state index in [1.165, 1.54) is 0 Å². The number of H-pyrrole nitrogens is 1. The van der Waals surface area contributed by atoms with Gasteiger partial charge >= 0.3 is 0 Å². The van der Waals surface area contributed by atoms with Crippen LogP contribution in [0.4, 0.5) is 14.5 Å². The average molecular weight is 197 g/mol. The van der Waals surface area contributed by atoms with Gasteiger partial charge in [-0.05, 0) is 17.7 Å². The molecule has 0 bridgehead atoms. The SMILES string of the molecule is Nc1cc2cn[nH]c2cc1CC(F)F. The standard InChI is InChI=1S/C9H9F2N3/c10-9(11)3-5-2-8-6(1-7(5)12)4-13-14-8/h1-2,4,9H,3,12H2,(H,13,14). The number of hydrogen-bond acceptors (Lipinski definition) is 2. The van der Waals surface area contributed by atoms with Crippen molar-refractivity contribution in [2.75, 3.05) is 5.73 Å². The Morgan fingerprint density at radius 1 is 1.43 bits per heavy atom. The third-order valence-corrected chi connectivity index (χ3v) is 2.07. The first kappa shape index (κ1) is 8.93. The molecular formula is C9H9F2N3. The summed E-state index contributed by atoms with van der Waals surface area (Å²) in [7, 11) is 0. The van der Waals surface area contributed by atoms with Crippen LogP contribution in [0, 0.1) is 0 Å². The van der Waals surface area contributed by atoms with E-state index < -0.39 is 6.43 Å². The summed E-state index contributed by atoms with van der Waals surface area (Å²) in [6, 6.07) is 3.26. The Kier molecular flexibility index (Phi) is 2.07. The smallest absolute Gasteiger partial charge is 0.242 e. The minimum atomic E-state index is -2.38. The van der Waals surface area contributed by atoms with Crippen molar-refractivity contribution in [3.05, 3.63) is 23.9 Å². The van der Waals surface area contributed by atoms with Gasteiger partial charge in [0.25, 0.3) is 0 Å². The Morgan fingerprint density at radius 3 is 2.93 bits per heavy atom. The number of aromatic amines is 1. The van der Waals surface area contributed by atoms with E-state index in [1.54, 1.807) is 18.3 Å². The Bertz CT molecular complexity index is 450. The molecule has 0 aliphatic heterocycles. The number of nitrogens with zero attached hydrogens (tertiary/aromatic N) is 1. The summed E-state index contributed by atoms with van der Waals surface area (Å²) in [6.45, 7) is 0. The van der Waals surface area contributed by atoms with Gasteiger partial charge in [-0.3, -0.25) is 5.10 Å². The Hall–Kier alpha value is -1.65. The zero-order chi connectivity index (χ0) is 10.1. The first-order chi connectivity index (χ1) is 6.66. The lowest BCUT2D eigenvalue weighted by atomic mass is 10.1. The van der Waals surface area contributed by atoms with Gasteiger partial charge in [0.15, 0.2) is 0 Å². The summed E-state index contributed by atoms with van der Waals surface area (Å²) >= 11 is 0. The Morgan fingerprint density at radius 2 is 2.21 bits per heavy atom. The van der Waals surface area contributed by atoms with Gasteiger partial charge in [-0.25, -0.2) is 8.78 Å². The number of hydrogen-bond donors (Lipinski definition) is 2. The van der Waals surface area contributed by atoms with Crippen molar-refractivity contribution >= 4 is 16.6 Å². The number of benzene rings is 1. The summed E-state index contributed by atoms with van der Waals surface area (Å²) in [4.78, 5) is 0. The van der Waals surface area contributed by atoms with E-state index in [2.05, 4.69) is 10.2 Å². The fraction of sp³-hybridized carbons (Fsp3) is 0.222. The van der Waals surface area contributed by atoms with Gasteiger partial charge in [0.2, 0.25) is 6.43 Å². The third kappa shape index (κ3) is 1.53. The first-order valence-corrected chi connectivity index (χ1v) is 4.16. The highest BCUT2D eigenvalue weighted by Gasteiger charge is 2.09. The molecule has 0 saturated heterocycles. The van der Waals surface area contributed by atoms with Crippen molar-refractivity contribution in [3.8, 4) is 0 Å². The molecule has 0 saturated carbocycles. The van der Waals surface area contributed by atoms with E-state index in [-0.39, 0.29) is 6.42 Å². The molecule has 74 valence electrons. The van der Waals surface area contributed by atoms with Gasteiger partial charge in [-0.2, -0.15) is 5.10 Å². The normalized spacial score (nSPS) is 11.4. The molecule has 3 nitrogen and oxygen atoms in total. The second-order valence-corrected chi connectivity index (χ2v) is 3.10. The molecule has 2 rings (SSSR count). The molecule has 14 heavy (non-hydrogen) atoms. The van der Waals surface area contributed by atoms with Crippen molar-refractivity contribution in [1.82, 2.24) is 10.2 Å². The highest BCUT2D eigenvalue weighted by atomic mass is 19.3. The molecule has 2 aromatic rings. The zero-order valence-corrected chi connectivity index (χ0v) is 7.30. The van der Waals surface area contributed by atoms with Crippen LogP contribution in [-0.2, 0) is 6.42 Å². The maximum Gasteiger partial charge on any atom is 0.242 e. The van der Waals surface area contributed by atoms with Gasteiger partial charge in [-0.15, -0.1) is 0 Å². The largest absolute Gasteiger partial charge is 0.398 e. The van der Waals surface area contributed by atoms with Crippen LogP contribution in [0.2, 0.25) is 0 Å². The average Bonchev–Trinajstić information content (AvgIpc) is 2.51. The van der Waals surface area contributed by atoms with E-state index in [4.69, 9.17) is 5.73 Å². The van der Waals surface area contributed by atoms with Crippen molar-refractivity contribution in [3.63, 3.8) is 0 Å². The lowest BCUT2D eigenvalue weighted by Crippen LogP contribution is -2.01. The van der Waals surface area contributed by atoms with Crippen LogP contribution < -0.4 is 5.73 Å². The second-order valence-electron chi connectivity index (χ2n) is 3.10. The topological polar surface area (TPSA) is 54.7 Å². The van der Waals surface area contributed by atoms with Gasteiger partial charge in [0.1, 0.15) is 0 Å². The number of nitrogen functional groups attached to an aromatic ring is 1. The van der Waals surface area contributed by atoms with Crippen LogP contribution in [0.3, 0.4) is 0 Å². The number of aromatic nitrogens is 2. The van der Waals surface area contributed by atoms with Gasteiger partial charge in [0, 0.05) is 17.5 Å². The number of anilines is 1. The number of nitrogens with one attached hydrogen (secondary N) is 1. The predicted molar refractivity (Wildman–Crippen MR) is 50.2 cm³/mol. The Balaban J connectivity index is 2.48. The highest BCUT2D eigenvalue weighted by molar-refractivity contribution is 5.83. The lowest BCUT2D eigenvalue weighted by Gasteiger charge is -2.04. The molecule has 1 aromatic heterocycles. The van der Waals surface area contributed by atoms with Crippen LogP contribution in [0.15, 0.2) is 18.3 Å². The van der Waals surface area contributed by atoms with Crippen LogP contribution >= 0.6 is 0 Å². The summed E-state index contributed by atoms with van der Waals surface area (Å²) < 4.78 is 24.3. The van der Waals surface area contributed by atoms with E-state index in [1.807, 2.05) is 0 Å². The summed E-state index contributed by atoms with van der Waals surface area (Å²) in [6.07, 6.45) is -1.09. The molecule has 5 heteroatoms. The van der Waals surface area contributed by atoms with Crippen molar-refractivity contribution in [1.29, 1.82) is 0 Å². The van der Waals surface area contributed by atoms with Crippen LogP contribution in [0.1, 0.15) is 5.56 Å². The minimum absolute atomic E-state index is 0.319. The molecule has 0 radical (unpaired) electrons. The zero-order valence-electron chi connectivity index (χ0n) is 7.30. The van der Waals surface area contributed by atoms with E-state index in [0.29, 0.717) is 11.3 Å². The number of nitrogens with two attached hydrogens (primary N) is 1. The molecule has 3 N–H and O–H groups in total. The molecule has 0 amide bonds. The monoisotopic (exact) mass is 197 g/mol. The van der Waals surface area contributed by atoms with Crippen molar-refractivity contribution in [2.45, 2.75) is 12.8 Å².